The minimum atomic E-state index is -0.572. The fourth-order valence-corrected chi connectivity index (χ4v) is 5.60. The van der Waals surface area contributed by atoms with Crippen LogP contribution in [0.25, 0.3) is 10.1 Å². The van der Waals surface area contributed by atoms with Crippen LogP contribution < -0.4 is 21.9 Å². The lowest BCUT2D eigenvalue weighted by atomic mass is 10.1. The maximum atomic E-state index is 13.3. The second kappa shape index (κ2) is 15.7. The van der Waals surface area contributed by atoms with Gasteiger partial charge in [0, 0.05) is 33.6 Å². The number of hydrogen-bond donors (Lipinski definition) is 3. The normalized spacial score (nSPS) is 15.1. The number of nitrogen functional groups attached to an aromatic ring is 1. The molecule has 0 saturated heterocycles. The van der Waals surface area contributed by atoms with Crippen molar-refractivity contribution in [2.75, 3.05) is 17.6 Å². The lowest BCUT2D eigenvalue weighted by Gasteiger charge is -2.15. The van der Waals surface area contributed by atoms with Gasteiger partial charge in [0.25, 0.3) is 5.56 Å². The Kier molecular flexibility index (Phi) is 12.1. The van der Waals surface area contributed by atoms with E-state index in [1.807, 2.05) is 57.2 Å². The highest BCUT2D eigenvalue weighted by Crippen LogP contribution is 2.33. The van der Waals surface area contributed by atoms with Gasteiger partial charge in [0.2, 0.25) is 5.91 Å². The molecule has 8 nitrogen and oxygen atoms in total. The molecule has 0 spiro atoms. The van der Waals surface area contributed by atoms with Crippen LogP contribution in [0.1, 0.15) is 75.2 Å². The van der Waals surface area contributed by atoms with Gasteiger partial charge in [-0.05, 0) is 43.4 Å². The Morgan fingerprint density at radius 1 is 1.20 bits per heavy atom. The van der Waals surface area contributed by atoms with E-state index in [4.69, 9.17) is 5.73 Å². The molecular weight excluding hydrogens is 532 g/mol. The number of carbonyl (C=O) groups is 1. The van der Waals surface area contributed by atoms with Gasteiger partial charge in [-0.2, -0.15) is 0 Å². The van der Waals surface area contributed by atoms with E-state index in [1.54, 1.807) is 28.3 Å². The molecule has 3 aromatic heterocycles. The van der Waals surface area contributed by atoms with Crippen molar-refractivity contribution in [3.8, 4) is 0 Å². The summed E-state index contributed by atoms with van der Waals surface area (Å²) in [5, 5.41) is 7.23. The van der Waals surface area contributed by atoms with E-state index in [2.05, 4.69) is 46.2 Å². The standard InChI is InChI=1S/C26H28N6O2S.C4H8.C2H6/c1-16-10-21(25(33)31-14-19-11-18-13-29-23(27)12-22(18)35-19)32-24(16)30-15-20(26(32)34)28-9-5-8-17-6-3-2-4-7-17;1-3-4-2;1-2/h2-4,6-7,11-13,15-16,21,28H,5,8-10,14H2,1H3,(H2,27,29)(H,31,33);3H,1,4H2,2H3;1-2H3. The average Bonchev–Trinajstić information content (AvgIpc) is 3.57. The van der Waals surface area contributed by atoms with Crippen LogP contribution in [0.2, 0.25) is 0 Å². The number of nitrogens with two attached hydrogens (primary N) is 1. The second-order valence-electron chi connectivity index (χ2n) is 9.65. The Hall–Kier alpha value is -3.98. The topological polar surface area (TPSA) is 115 Å². The second-order valence-corrected chi connectivity index (χ2v) is 10.8. The van der Waals surface area contributed by atoms with Gasteiger partial charge in [-0.15, -0.1) is 17.9 Å². The molecule has 0 bridgehead atoms. The van der Waals surface area contributed by atoms with E-state index in [0.29, 0.717) is 36.8 Å². The minimum Gasteiger partial charge on any atom is -0.384 e. The monoisotopic (exact) mass is 574 g/mol. The number of carbonyl (C=O) groups excluding carboxylic acids is 1. The molecule has 5 rings (SSSR count). The summed E-state index contributed by atoms with van der Waals surface area (Å²) in [6.45, 7) is 12.6. The molecule has 2 atom stereocenters. The zero-order valence-electron chi connectivity index (χ0n) is 24.5. The predicted molar refractivity (Wildman–Crippen MR) is 172 cm³/mol. The number of fused-ring (bicyclic) bond motifs is 2. The summed E-state index contributed by atoms with van der Waals surface area (Å²) >= 11 is 1.57. The van der Waals surface area contributed by atoms with Crippen LogP contribution in [0, 0.1) is 0 Å². The van der Waals surface area contributed by atoms with Crippen molar-refractivity contribution in [1.29, 1.82) is 0 Å². The van der Waals surface area contributed by atoms with Crippen LogP contribution in [0.15, 0.2) is 72.3 Å². The molecule has 4 aromatic rings. The molecule has 2 unspecified atom stereocenters. The summed E-state index contributed by atoms with van der Waals surface area (Å²) in [4.78, 5) is 36.1. The first-order valence-corrected chi connectivity index (χ1v) is 15.1. The van der Waals surface area contributed by atoms with E-state index >= 15 is 0 Å². The van der Waals surface area contributed by atoms with E-state index in [1.165, 1.54) is 5.56 Å². The number of anilines is 2. The van der Waals surface area contributed by atoms with Gasteiger partial charge in [-0.1, -0.05) is 64.1 Å². The third-order valence-electron chi connectivity index (χ3n) is 6.65. The molecular formula is C32H42N6O2S. The van der Waals surface area contributed by atoms with Crippen molar-refractivity contribution in [2.45, 2.75) is 71.9 Å². The van der Waals surface area contributed by atoms with Gasteiger partial charge in [0.15, 0.2) is 0 Å². The van der Waals surface area contributed by atoms with Crippen molar-refractivity contribution >= 4 is 38.8 Å². The molecule has 41 heavy (non-hydrogen) atoms. The summed E-state index contributed by atoms with van der Waals surface area (Å²) < 4.78 is 2.60. The van der Waals surface area contributed by atoms with Crippen LogP contribution in [0.3, 0.4) is 0 Å². The molecule has 0 saturated carbocycles. The third-order valence-corrected chi connectivity index (χ3v) is 7.75. The molecule has 4 N–H and O–H groups in total. The molecule has 4 heterocycles. The quantitative estimate of drug-likeness (QED) is 0.156. The third kappa shape index (κ3) is 8.27. The summed E-state index contributed by atoms with van der Waals surface area (Å²) in [6, 6.07) is 13.5. The first-order valence-electron chi connectivity index (χ1n) is 14.3. The SMILES string of the molecule is C=CCC.CC.CC1CC(C(=O)NCc2cc3cnc(N)cc3s2)n2c1ncc(NCCCc1ccccc1)c2=O. The summed E-state index contributed by atoms with van der Waals surface area (Å²) in [6.07, 6.45) is 8.67. The van der Waals surface area contributed by atoms with Crippen LogP contribution in [0.4, 0.5) is 11.5 Å². The number of aromatic nitrogens is 3. The van der Waals surface area contributed by atoms with Crippen LogP contribution >= 0.6 is 11.3 Å². The number of rotatable bonds is 9. The zero-order valence-corrected chi connectivity index (χ0v) is 25.3. The number of aryl methyl sites for hydroxylation is 1. The Morgan fingerprint density at radius 2 is 1.93 bits per heavy atom. The van der Waals surface area contributed by atoms with Gasteiger partial charge in [0.05, 0.1) is 12.7 Å². The van der Waals surface area contributed by atoms with Gasteiger partial charge in [0.1, 0.15) is 23.4 Å². The average molecular weight is 575 g/mol. The number of thiophene rings is 1. The molecule has 1 aliphatic rings. The van der Waals surface area contributed by atoms with E-state index in [-0.39, 0.29) is 17.4 Å². The molecule has 9 heteroatoms. The molecule has 0 radical (unpaired) electrons. The van der Waals surface area contributed by atoms with Crippen molar-refractivity contribution in [3.63, 3.8) is 0 Å². The minimum absolute atomic E-state index is 0.0314. The first-order chi connectivity index (χ1) is 19.9. The lowest BCUT2D eigenvalue weighted by molar-refractivity contribution is -0.124. The Labute approximate surface area is 246 Å². The lowest BCUT2D eigenvalue weighted by Crippen LogP contribution is -2.36. The number of benzene rings is 1. The number of pyridine rings is 1. The number of allylic oxidation sites excluding steroid dienone is 1. The Morgan fingerprint density at radius 3 is 2.63 bits per heavy atom. The highest BCUT2D eigenvalue weighted by molar-refractivity contribution is 7.19. The fraction of sp³-hybridized carbons (Fsp3) is 0.375. The summed E-state index contributed by atoms with van der Waals surface area (Å²) in [5.41, 5.74) is 7.28. The van der Waals surface area contributed by atoms with E-state index in [9.17, 15) is 9.59 Å². The fourth-order valence-electron chi connectivity index (χ4n) is 4.58. The molecule has 1 amide bonds. The number of nitrogens with one attached hydrogen (secondary N) is 2. The number of hydrogen-bond acceptors (Lipinski definition) is 7. The Bertz CT molecular complexity index is 1480. The maximum absolute atomic E-state index is 13.3. The largest absolute Gasteiger partial charge is 0.384 e. The van der Waals surface area contributed by atoms with Crippen LogP contribution in [-0.2, 0) is 17.8 Å². The number of amides is 1. The van der Waals surface area contributed by atoms with Crippen molar-refractivity contribution in [2.24, 2.45) is 0 Å². The van der Waals surface area contributed by atoms with E-state index < -0.39 is 6.04 Å². The van der Waals surface area contributed by atoms with E-state index in [0.717, 1.165) is 34.2 Å². The highest BCUT2D eigenvalue weighted by atomic mass is 32.1. The van der Waals surface area contributed by atoms with Gasteiger partial charge in [-0.25, -0.2) is 9.97 Å². The van der Waals surface area contributed by atoms with Gasteiger partial charge in [-0.3, -0.25) is 14.2 Å². The maximum Gasteiger partial charge on any atom is 0.277 e. The predicted octanol–water partition coefficient (Wildman–Crippen LogP) is 6.45. The summed E-state index contributed by atoms with van der Waals surface area (Å²) in [5.74, 6) is 0.996. The molecule has 1 aliphatic heterocycles. The van der Waals surface area contributed by atoms with Crippen molar-refractivity contribution in [3.05, 3.63) is 94.1 Å². The zero-order chi connectivity index (χ0) is 29.8. The van der Waals surface area contributed by atoms with Crippen molar-refractivity contribution in [1.82, 2.24) is 19.9 Å². The van der Waals surface area contributed by atoms with Crippen LogP contribution in [-0.4, -0.2) is 27.0 Å². The molecule has 218 valence electrons. The first kappa shape index (κ1) is 31.5. The molecule has 0 fully saturated rings. The van der Waals surface area contributed by atoms with Crippen LogP contribution in [0.5, 0.6) is 0 Å². The highest BCUT2D eigenvalue weighted by Gasteiger charge is 2.35. The smallest absolute Gasteiger partial charge is 0.277 e. The number of nitrogens with zero attached hydrogens (tertiary/aromatic N) is 3. The molecule has 0 aliphatic carbocycles. The Balaban J connectivity index is 0.000000710. The molecule has 1 aromatic carbocycles. The van der Waals surface area contributed by atoms with Gasteiger partial charge >= 0.3 is 0 Å². The van der Waals surface area contributed by atoms with Gasteiger partial charge < -0.3 is 16.4 Å². The van der Waals surface area contributed by atoms with Crippen molar-refractivity contribution < 1.29 is 4.79 Å². The summed E-state index contributed by atoms with van der Waals surface area (Å²) in [7, 11) is 0.